The van der Waals surface area contributed by atoms with E-state index in [1.54, 1.807) is 24.7 Å². The predicted octanol–water partition coefficient (Wildman–Crippen LogP) is 3.60. The maximum atomic E-state index is 12.7. The lowest BCUT2D eigenvalue weighted by atomic mass is 10.0. The number of anilines is 1. The van der Waals surface area contributed by atoms with Gasteiger partial charge in [0.25, 0.3) is 5.91 Å². The molecule has 5 rings (SSSR count). The van der Waals surface area contributed by atoms with Gasteiger partial charge in [0.05, 0.1) is 12.0 Å². The lowest BCUT2D eigenvalue weighted by molar-refractivity contribution is 0.0940. The monoisotopic (exact) mass is 399 g/mol. The Morgan fingerprint density at radius 1 is 1.17 bits per heavy atom. The number of nitrogens with one attached hydrogen (secondary N) is 1. The molecule has 1 fully saturated rings. The van der Waals surface area contributed by atoms with E-state index in [0.29, 0.717) is 18.1 Å². The Morgan fingerprint density at radius 3 is 2.77 bits per heavy atom. The van der Waals surface area contributed by atoms with E-state index in [-0.39, 0.29) is 11.9 Å². The van der Waals surface area contributed by atoms with E-state index in [1.165, 1.54) is 0 Å². The molecule has 0 bridgehead atoms. The fourth-order valence-corrected chi connectivity index (χ4v) is 3.87. The molecule has 0 unspecified atom stereocenters. The van der Waals surface area contributed by atoms with Crippen molar-refractivity contribution in [2.45, 2.75) is 19.4 Å². The second kappa shape index (κ2) is 7.59. The third kappa shape index (κ3) is 3.50. The molecular formula is C23H21N5O2. The first-order chi connectivity index (χ1) is 14.7. The molecule has 7 nitrogen and oxygen atoms in total. The van der Waals surface area contributed by atoms with Gasteiger partial charge in [-0.2, -0.15) is 0 Å². The van der Waals surface area contributed by atoms with Gasteiger partial charge < -0.3 is 14.6 Å². The Hall–Kier alpha value is -3.74. The van der Waals surface area contributed by atoms with Crippen LogP contribution >= 0.6 is 0 Å². The van der Waals surface area contributed by atoms with Gasteiger partial charge >= 0.3 is 0 Å². The number of pyridine rings is 1. The lowest BCUT2D eigenvalue weighted by Gasteiger charge is -2.16. The molecule has 1 N–H and O–H groups in total. The fourth-order valence-electron chi connectivity index (χ4n) is 3.87. The first-order valence-electron chi connectivity index (χ1n) is 9.95. The van der Waals surface area contributed by atoms with Crippen LogP contribution in [0.15, 0.2) is 65.5 Å². The van der Waals surface area contributed by atoms with E-state index in [9.17, 15) is 4.79 Å². The highest BCUT2D eigenvalue weighted by Gasteiger charge is 2.25. The molecule has 30 heavy (non-hydrogen) atoms. The summed E-state index contributed by atoms with van der Waals surface area (Å²) >= 11 is 0. The molecule has 1 saturated heterocycles. The SMILES string of the molecule is Cc1cc2occc2c(-c2ccc(C(=O)N[C@H]3CCN(c4ncccn4)C3)cc2)n1. The maximum Gasteiger partial charge on any atom is 0.251 e. The summed E-state index contributed by atoms with van der Waals surface area (Å²) in [5, 5.41) is 4.09. The van der Waals surface area contributed by atoms with Crippen LogP contribution in [0.1, 0.15) is 22.5 Å². The standard InChI is InChI=1S/C23H21N5O2/c1-15-13-20-19(8-12-30-20)21(26-15)16-3-5-17(6-4-16)22(29)27-18-7-11-28(14-18)23-24-9-2-10-25-23/h2-6,8-10,12-13,18H,7,11,14H2,1H3,(H,27,29)/t18-/m0/s1. The van der Waals surface area contributed by atoms with Crippen LogP contribution in [0.2, 0.25) is 0 Å². The largest absolute Gasteiger partial charge is 0.464 e. The number of carbonyl (C=O) groups excluding carboxylic acids is 1. The van der Waals surface area contributed by atoms with Crippen molar-refractivity contribution in [3.63, 3.8) is 0 Å². The molecule has 1 aliphatic rings. The number of nitrogens with zero attached hydrogens (tertiary/aromatic N) is 4. The van der Waals surface area contributed by atoms with E-state index in [0.717, 1.165) is 40.9 Å². The molecule has 1 aromatic carbocycles. The second-order valence-electron chi connectivity index (χ2n) is 7.48. The summed E-state index contributed by atoms with van der Waals surface area (Å²) in [5.74, 6) is 0.628. The Balaban J connectivity index is 1.29. The quantitative estimate of drug-likeness (QED) is 0.564. The van der Waals surface area contributed by atoms with Gasteiger partial charge in [-0.25, -0.2) is 9.97 Å². The number of carbonyl (C=O) groups is 1. The van der Waals surface area contributed by atoms with Gasteiger partial charge in [-0.3, -0.25) is 9.78 Å². The zero-order chi connectivity index (χ0) is 20.5. The molecule has 1 amide bonds. The summed E-state index contributed by atoms with van der Waals surface area (Å²) in [6, 6.07) is 13.3. The number of fused-ring (bicyclic) bond motifs is 1. The molecule has 1 atom stereocenters. The van der Waals surface area contributed by atoms with Crippen LogP contribution in [0.3, 0.4) is 0 Å². The van der Waals surface area contributed by atoms with Gasteiger partial charge in [-0.05, 0) is 37.6 Å². The van der Waals surface area contributed by atoms with Crippen LogP contribution in [-0.4, -0.2) is 40.0 Å². The predicted molar refractivity (Wildman–Crippen MR) is 114 cm³/mol. The topological polar surface area (TPSA) is 84.2 Å². The summed E-state index contributed by atoms with van der Waals surface area (Å²) in [7, 11) is 0. The Labute approximate surface area is 173 Å². The molecule has 150 valence electrons. The molecule has 7 heteroatoms. The summed E-state index contributed by atoms with van der Waals surface area (Å²) in [6.07, 6.45) is 6.00. The smallest absolute Gasteiger partial charge is 0.251 e. The fraction of sp³-hybridized carbons (Fsp3) is 0.217. The average molecular weight is 399 g/mol. The van der Waals surface area contributed by atoms with E-state index in [1.807, 2.05) is 43.3 Å². The minimum absolute atomic E-state index is 0.0741. The Bertz CT molecular complexity index is 1190. The van der Waals surface area contributed by atoms with Crippen molar-refractivity contribution in [3.05, 3.63) is 72.4 Å². The molecule has 0 saturated carbocycles. The number of rotatable bonds is 4. The number of aromatic nitrogens is 3. The van der Waals surface area contributed by atoms with Gasteiger partial charge in [-0.1, -0.05) is 12.1 Å². The molecule has 3 aromatic heterocycles. The van der Waals surface area contributed by atoms with Crippen molar-refractivity contribution >= 4 is 22.8 Å². The van der Waals surface area contributed by atoms with Crippen molar-refractivity contribution in [2.24, 2.45) is 0 Å². The van der Waals surface area contributed by atoms with Gasteiger partial charge in [0, 0.05) is 59.8 Å². The zero-order valence-corrected chi connectivity index (χ0v) is 16.6. The molecular weight excluding hydrogens is 378 g/mol. The summed E-state index contributed by atoms with van der Waals surface area (Å²) in [5.41, 5.74) is 4.15. The van der Waals surface area contributed by atoms with E-state index >= 15 is 0 Å². The Morgan fingerprint density at radius 2 is 1.97 bits per heavy atom. The molecule has 0 radical (unpaired) electrons. The van der Waals surface area contributed by atoms with Crippen molar-refractivity contribution < 1.29 is 9.21 Å². The summed E-state index contributed by atoms with van der Waals surface area (Å²) < 4.78 is 5.52. The maximum absolute atomic E-state index is 12.7. The highest BCUT2D eigenvalue weighted by Crippen LogP contribution is 2.28. The van der Waals surface area contributed by atoms with E-state index < -0.39 is 0 Å². The highest BCUT2D eigenvalue weighted by atomic mass is 16.3. The van der Waals surface area contributed by atoms with Crippen LogP contribution in [0.4, 0.5) is 5.95 Å². The summed E-state index contributed by atoms with van der Waals surface area (Å²) in [4.78, 5) is 28.0. The van der Waals surface area contributed by atoms with Crippen molar-refractivity contribution in [1.82, 2.24) is 20.3 Å². The van der Waals surface area contributed by atoms with Crippen LogP contribution in [-0.2, 0) is 0 Å². The van der Waals surface area contributed by atoms with Crippen molar-refractivity contribution in [2.75, 3.05) is 18.0 Å². The van der Waals surface area contributed by atoms with Gasteiger partial charge in [0.1, 0.15) is 5.58 Å². The third-order valence-electron chi connectivity index (χ3n) is 5.36. The third-order valence-corrected chi connectivity index (χ3v) is 5.36. The highest BCUT2D eigenvalue weighted by molar-refractivity contribution is 5.96. The molecule has 4 aromatic rings. The molecule has 1 aliphatic heterocycles. The summed E-state index contributed by atoms with van der Waals surface area (Å²) in [6.45, 7) is 3.48. The van der Waals surface area contributed by atoms with Gasteiger partial charge in [-0.15, -0.1) is 0 Å². The Kier molecular flexibility index (Phi) is 4.63. The van der Waals surface area contributed by atoms with Crippen LogP contribution in [0, 0.1) is 6.92 Å². The van der Waals surface area contributed by atoms with Gasteiger partial charge in [0.2, 0.25) is 5.95 Å². The van der Waals surface area contributed by atoms with Gasteiger partial charge in [0.15, 0.2) is 0 Å². The van der Waals surface area contributed by atoms with E-state index in [4.69, 9.17) is 4.42 Å². The van der Waals surface area contributed by atoms with E-state index in [2.05, 4.69) is 25.2 Å². The second-order valence-corrected chi connectivity index (χ2v) is 7.48. The van der Waals surface area contributed by atoms with Crippen molar-refractivity contribution in [3.8, 4) is 11.3 Å². The lowest BCUT2D eigenvalue weighted by Crippen LogP contribution is -2.37. The van der Waals surface area contributed by atoms with Crippen LogP contribution in [0.5, 0.6) is 0 Å². The number of benzene rings is 1. The zero-order valence-electron chi connectivity index (χ0n) is 16.6. The number of hydrogen-bond donors (Lipinski definition) is 1. The first-order valence-corrected chi connectivity index (χ1v) is 9.95. The first kappa shape index (κ1) is 18.3. The number of aryl methyl sites for hydroxylation is 1. The van der Waals surface area contributed by atoms with Crippen LogP contribution < -0.4 is 10.2 Å². The molecule has 0 spiro atoms. The van der Waals surface area contributed by atoms with Crippen LogP contribution in [0.25, 0.3) is 22.2 Å². The normalized spacial score (nSPS) is 16.2. The molecule has 0 aliphatic carbocycles. The van der Waals surface area contributed by atoms with Crippen molar-refractivity contribution in [1.29, 1.82) is 0 Å². The number of amides is 1. The minimum atomic E-state index is -0.0759. The average Bonchev–Trinajstić information content (AvgIpc) is 3.43. The minimum Gasteiger partial charge on any atom is -0.464 e. The number of furan rings is 1. The molecule has 4 heterocycles. The number of hydrogen-bond acceptors (Lipinski definition) is 6.